The highest BCUT2D eigenvalue weighted by atomic mass is 16.2. The zero-order valence-corrected chi connectivity index (χ0v) is 23.6. The number of rotatable bonds is 3. The molecule has 0 aliphatic carbocycles. The molecule has 4 aromatic rings. The van der Waals surface area contributed by atoms with Gasteiger partial charge in [-0.25, -0.2) is 0 Å². The van der Waals surface area contributed by atoms with Crippen molar-refractivity contribution in [3.05, 3.63) is 89.1 Å². The van der Waals surface area contributed by atoms with Gasteiger partial charge in [0, 0.05) is 53.4 Å². The number of benzene rings is 3. The molecule has 4 nitrogen and oxygen atoms in total. The summed E-state index contributed by atoms with van der Waals surface area (Å²) in [7, 11) is 0. The molecule has 3 aromatic carbocycles. The average molecular weight is 530 g/mol. The van der Waals surface area contributed by atoms with Crippen LogP contribution in [0.15, 0.2) is 72.4 Å². The Labute approximate surface area is 237 Å². The van der Waals surface area contributed by atoms with Gasteiger partial charge in [0.05, 0.1) is 0 Å². The van der Waals surface area contributed by atoms with Crippen molar-refractivity contribution in [1.82, 2.24) is 14.4 Å². The fourth-order valence-electron chi connectivity index (χ4n) is 8.73. The molecule has 4 aliphatic heterocycles. The summed E-state index contributed by atoms with van der Waals surface area (Å²) in [6.07, 6.45) is 11.7. The van der Waals surface area contributed by atoms with E-state index in [2.05, 4.69) is 94.2 Å². The van der Waals surface area contributed by atoms with Crippen LogP contribution in [-0.4, -0.2) is 52.0 Å². The highest BCUT2D eigenvalue weighted by Gasteiger charge is 2.51. The van der Waals surface area contributed by atoms with Gasteiger partial charge in [-0.05, 0) is 111 Å². The molecular weight excluding hydrogens is 490 g/mol. The number of fused-ring (bicyclic) bond motifs is 4. The minimum Gasteiger partial charge on any atom is -0.342 e. The first kappa shape index (κ1) is 24.4. The summed E-state index contributed by atoms with van der Waals surface area (Å²) in [6, 6.07) is 23.2. The summed E-state index contributed by atoms with van der Waals surface area (Å²) < 4.78 is 2.37. The van der Waals surface area contributed by atoms with Crippen molar-refractivity contribution in [2.45, 2.75) is 64.1 Å². The number of hydrogen-bond donors (Lipinski definition) is 0. The van der Waals surface area contributed by atoms with Crippen LogP contribution < -0.4 is 0 Å². The third-order valence-electron chi connectivity index (χ3n) is 10.5. The van der Waals surface area contributed by atoms with E-state index in [-0.39, 0.29) is 0 Å². The second-order valence-corrected chi connectivity index (χ2v) is 12.9. The predicted molar refractivity (Wildman–Crippen MR) is 163 cm³/mol. The summed E-state index contributed by atoms with van der Waals surface area (Å²) in [4.78, 5) is 19.2. The van der Waals surface area contributed by atoms with Crippen LogP contribution in [0.1, 0.15) is 55.2 Å². The first-order chi connectivity index (χ1) is 19.6. The topological polar surface area (TPSA) is 28.5 Å². The maximum Gasteiger partial charge on any atom is 0.250 e. The minimum atomic E-state index is 0.306. The molecule has 5 heterocycles. The SMILES string of the molecule is Cc1ccc2c(c1)c(/C=C1\CC[C@@H]3[C@H]4CCCN5CCC[C@@H](CN3C1=O)[C@@H]45)cn2Cc1ccc2ccccc2c1. The Morgan fingerprint density at radius 3 is 2.67 bits per heavy atom. The van der Waals surface area contributed by atoms with Crippen LogP contribution in [-0.2, 0) is 11.3 Å². The Hall–Kier alpha value is -3.37. The van der Waals surface area contributed by atoms with Crippen LogP contribution in [0, 0.1) is 18.8 Å². The molecule has 1 amide bonds. The van der Waals surface area contributed by atoms with Gasteiger partial charge < -0.3 is 9.47 Å². The third-order valence-corrected chi connectivity index (χ3v) is 10.5. The Morgan fingerprint density at radius 1 is 0.925 bits per heavy atom. The molecule has 4 saturated heterocycles. The van der Waals surface area contributed by atoms with Gasteiger partial charge in [-0.1, -0.05) is 48.0 Å². The minimum absolute atomic E-state index is 0.306. The van der Waals surface area contributed by atoms with Crippen molar-refractivity contribution in [2.24, 2.45) is 11.8 Å². The maximum absolute atomic E-state index is 14.1. The van der Waals surface area contributed by atoms with Crippen molar-refractivity contribution in [3.63, 3.8) is 0 Å². The molecular formula is C36H39N3O. The van der Waals surface area contributed by atoms with E-state index in [1.54, 1.807) is 0 Å². The van der Waals surface area contributed by atoms with Crippen molar-refractivity contribution in [2.75, 3.05) is 19.6 Å². The highest BCUT2D eigenvalue weighted by molar-refractivity contribution is 6.02. The molecule has 4 heteroatoms. The number of carbonyl (C=O) groups is 1. The van der Waals surface area contributed by atoms with E-state index in [4.69, 9.17) is 0 Å². The number of aromatic nitrogens is 1. The molecule has 204 valence electrons. The van der Waals surface area contributed by atoms with E-state index < -0.39 is 0 Å². The van der Waals surface area contributed by atoms with E-state index in [1.165, 1.54) is 77.1 Å². The molecule has 0 radical (unpaired) electrons. The van der Waals surface area contributed by atoms with E-state index in [1.807, 2.05) is 0 Å². The fourth-order valence-corrected chi connectivity index (χ4v) is 8.73. The lowest BCUT2D eigenvalue weighted by Crippen LogP contribution is -2.66. The van der Waals surface area contributed by atoms with Gasteiger partial charge in [-0.3, -0.25) is 9.69 Å². The smallest absolute Gasteiger partial charge is 0.250 e. The number of nitrogens with zero attached hydrogens (tertiary/aromatic N) is 3. The van der Waals surface area contributed by atoms with Gasteiger partial charge in [0.1, 0.15) is 0 Å². The number of carbonyl (C=O) groups excluding carboxylic acids is 1. The van der Waals surface area contributed by atoms with E-state index in [0.717, 1.165) is 37.5 Å². The zero-order valence-electron chi connectivity index (χ0n) is 23.6. The molecule has 4 aliphatic rings. The van der Waals surface area contributed by atoms with Crippen molar-refractivity contribution in [1.29, 1.82) is 0 Å². The number of amides is 1. The second kappa shape index (κ2) is 9.62. The Kier molecular flexibility index (Phi) is 5.88. The van der Waals surface area contributed by atoms with Crippen molar-refractivity contribution in [3.8, 4) is 0 Å². The molecule has 0 spiro atoms. The van der Waals surface area contributed by atoms with Crippen LogP contribution in [0.5, 0.6) is 0 Å². The molecule has 4 atom stereocenters. The summed E-state index contributed by atoms with van der Waals surface area (Å²) in [5.41, 5.74) is 5.97. The maximum atomic E-state index is 14.1. The first-order valence-electron chi connectivity index (χ1n) is 15.5. The van der Waals surface area contributed by atoms with Gasteiger partial charge in [0.2, 0.25) is 5.91 Å². The predicted octanol–water partition coefficient (Wildman–Crippen LogP) is 7.03. The van der Waals surface area contributed by atoms with Gasteiger partial charge in [0.25, 0.3) is 0 Å². The highest BCUT2D eigenvalue weighted by Crippen LogP contribution is 2.45. The van der Waals surface area contributed by atoms with Crippen molar-refractivity contribution >= 4 is 33.7 Å². The lowest BCUT2D eigenvalue weighted by molar-refractivity contribution is -0.145. The Bertz CT molecular complexity index is 1640. The molecule has 1 aromatic heterocycles. The molecule has 40 heavy (non-hydrogen) atoms. The molecule has 0 saturated carbocycles. The fraction of sp³-hybridized carbons (Fsp3) is 0.417. The van der Waals surface area contributed by atoms with E-state index >= 15 is 0 Å². The van der Waals surface area contributed by atoms with Gasteiger partial charge >= 0.3 is 0 Å². The monoisotopic (exact) mass is 529 g/mol. The lowest BCUT2D eigenvalue weighted by Gasteiger charge is -2.58. The summed E-state index contributed by atoms with van der Waals surface area (Å²) in [5, 5.41) is 3.80. The van der Waals surface area contributed by atoms with E-state index in [0.29, 0.717) is 23.8 Å². The number of aryl methyl sites for hydroxylation is 1. The van der Waals surface area contributed by atoms with Crippen LogP contribution in [0.4, 0.5) is 0 Å². The van der Waals surface area contributed by atoms with Gasteiger partial charge in [-0.15, -0.1) is 0 Å². The number of hydrogen-bond acceptors (Lipinski definition) is 2. The van der Waals surface area contributed by atoms with Crippen LogP contribution in [0.25, 0.3) is 27.8 Å². The summed E-state index contributed by atoms with van der Waals surface area (Å²) in [5.74, 6) is 1.63. The molecule has 0 N–H and O–H groups in total. The lowest BCUT2D eigenvalue weighted by atomic mass is 9.67. The standard InChI is InChI=1S/C36H39N3O/c1-24-10-14-33-32(18-24)30(22-38(33)21-25-11-12-26-6-2-3-7-27(26)19-25)20-28-13-15-34-31-9-5-17-37-16-4-8-29(35(31)37)23-39(34)36(28)40/h2-3,6-7,10-12,14,18-20,22,29,31,34-35H,4-5,8-9,13,15-17,21,23H2,1H3/b28-20+/t29-,31+,34+,35-/m0/s1. The van der Waals surface area contributed by atoms with Crippen LogP contribution in [0.3, 0.4) is 0 Å². The van der Waals surface area contributed by atoms with Gasteiger partial charge in [0.15, 0.2) is 0 Å². The Morgan fingerprint density at radius 2 is 1.77 bits per heavy atom. The average Bonchev–Trinajstić information content (AvgIpc) is 3.30. The molecule has 0 bridgehead atoms. The Balaban J connectivity index is 1.12. The summed E-state index contributed by atoms with van der Waals surface area (Å²) >= 11 is 0. The quantitative estimate of drug-likeness (QED) is 0.267. The molecule has 8 rings (SSSR count). The van der Waals surface area contributed by atoms with Crippen LogP contribution >= 0.6 is 0 Å². The van der Waals surface area contributed by atoms with E-state index in [9.17, 15) is 4.79 Å². The first-order valence-corrected chi connectivity index (χ1v) is 15.5. The van der Waals surface area contributed by atoms with Gasteiger partial charge in [-0.2, -0.15) is 0 Å². The molecule has 4 fully saturated rings. The largest absolute Gasteiger partial charge is 0.342 e. The summed E-state index contributed by atoms with van der Waals surface area (Å²) in [6.45, 7) is 6.48. The van der Waals surface area contributed by atoms with Crippen molar-refractivity contribution < 1.29 is 4.79 Å². The second-order valence-electron chi connectivity index (χ2n) is 12.9. The van der Waals surface area contributed by atoms with Crippen LogP contribution in [0.2, 0.25) is 0 Å². The molecule has 0 unspecified atom stereocenters. The normalized spacial score (nSPS) is 27.8. The number of piperidine rings is 4. The zero-order chi connectivity index (χ0) is 26.8. The third kappa shape index (κ3) is 4.03.